The second kappa shape index (κ2) is 4.35. The molecule has 0 spiro atoms. The van der Waals surface area contributed by atoms with Crippen molar-refractivity contribution >= 4 is 23.4 Å². The van der Waals surface area contributed by atoms with Crippen LogP contribution in [0.1, 0.15) is 5.56 Å². The summed E-state index contributed by atoms with van der Waals surface area (Å²) in [6.07, 6.45) is 6.24. The van der Waals surface area contributed by atoms with E-state index in [9.17, 15) is 0 Å². The minimum Gasteiger partial charge on any atom is -0.454 e. The van der Waals surface area contributed by atoms with Gasteiger partial charge < -0.3 is 14.4 Å². The van der Waals surface area contributed by atoms with Crippen molar-refractivity contribution in [3.8, 4) is 11.5 Å². The predicted octanol–water partition coefficient (Wildman–Crippen LogP) is 2.69. The first-order valence-corrected chi connectivity index (χ1v) is 7.11. The lowest BCUT2D eigenvalue weighted by Gasteiger charge is -2.29. The first-order chi connectivity index (χ1) is 9.42. The largest absolute Gasteiger partial charge is 0.454 e. The molecule has 19 heavy (non-hydrogen) atoms. The summed E-state index contributed by atoms with van der Waals surface area (Å²) in [6, 6.07) is 6.03. The van der Waals surface area contributed by atoms with Crippen LogP contribution in [0.3, 0.4) is 0 Å². The molecule has 0 amide bonds. The van der Waals surface area contributed by atoms with Gasteiger partial charge in [-0.1, -0.05) is 6.07 Å². The quantitative estimate of drug-likeness (QED) is 0.736. The molecule has 1 aromatic carbocycles. The maximum Gasteiger partial charge on any atom is 0.231 e. The van der Waals surface area contributed by atoms with E-state index in [1.54, 1.807) is 11.9 Å². The third kappa shape index (κ3) is 1.81. The first-order valence-electron chi connectivity index (χ1n) is 6.17. The van der Waals surface area contributed by atoms with Gasteiger partial charge in [-0.3, -0.25) is 0 Å². The van der Waals surface area contributed by atoms with Gasteiger partial charge in [0.05, 0.1) is 0 Å². The van der Waals surface area contributed by atoms with E-state index in [2.05, 4.69) is 33.7 Å². The van der Waals surface area contributed by atoms with Crippen LogP contribution < -0.4 is 9.47 Å². The molecule has 0 saturated heterocycles. The molecule has 0 N–H and O–H groups in total. The number of hydrogen-bond acceptors (Lipinski definition) is 5. The third-order valence-electron chi connectivity index (χ3n) is 3.30. The molecule has 0 bridgehead atoms. The van der Waals surface area contributed by atoms with Gasteiger partial charge in [0, 0.05) is 24.1 Å². The number of nitrogens with zero attached hydrogens (tertiary/aromatic N) is 2. The van der Waals surface area contributed by atoms with Crippen molar-refractivity contribution in [2.45, 2.75) is 0 Å². The highest BCUT2D eigenvalue weighted by Crippen LogP contribution is 2.36. The third-order valence-corrected chi connectivity index (χ3v) is 3.97. The molecule has 3 aliphatic rings. The van der Waals surface area contributed by atoms with Gasteiger partial charge in [0.25, 0.3) is 0 Å². The zero-order valence-electron chi connectivity index (χ0n) is 10.2. The molecule has 0 aromatic heterocycles. The molecule has 4 nitrogen and oxygen atoms in total. The van der Waals surface area contributed by atoms with Crippen LogP contribution in [0.2, 0.25) is 0 Å². The average Bonchev–Trinajstić information content (AvgIpc) is 2.94. The Kier molecular flexibility index (Phi) is 2.51. The molecule has 5 heteroatoms. The van der Waals surface area contributed by atoms with E-state index in [1.807, 2.05) is 12.1 Å². The Morgan fingerprint density at radius 2 is 2.16 bits per heavy atom. The van der Waals surface area contributed by atoms with Gasteiger partial charge in [0.15, 0.2) is 11.5 Å². The van der Waals surface area contributed by atoms with E-state index in [0.29, 0.717) is 6.79 Å². The molecule has 0 radical (unpaired) electrons. The number of allylic oxidation sites excluding steroid dienone is 2. The van der Waals surface area contributed by atoms with E-state index in [4.69, 9.17) is 9.47 Å². The predicted molar refractivity (Wildman–Crippen MR) is 76.3 cm³/mol. The van der Waals surface area contributed by atoms with Gasteiger partial charge in [0.1, 0.15) is 5.84 Å². The highest BCUT2D eigenvalue weighted by molar-refractivity contribution is 7.98. The van der Waals surface area contributed by atoms with E-state index >= 15 is 0 Å². The number of hydrogen-bond donors (Lipinski definition) is 0. The van der Waals surface area contributed by atoms with Crippen molar-refractivity contribution in [2.75, 3.05) is 19.1 Å². The summed E-state index contributed by atoms with van der Waals surface area (Å²) in [7, 11) is 0. The molecule has 96 valence electrons. The number of ether oxygens (including phenoxy) is 2. The Morgan fingerprint density at radius 3 is 3.16 bits per heavy atom. The highest BCUT2D eigenvalue weighted by Gasteiger charge is 2.23. The molecule has 0 aliphatic carbocycles. The zero-order chi connectivity index (χ0) is 12.7. The minimum absolute atomic E-state index is 0.306. The topological polar surface area (TPSA) is 34.1 Å². The van der Waals surface area contributed by atoms with Crippen LogP contribution in [-0.2, 0) is 0 Å². The fourth-order valence-electron chi connectivity index (χ4n) is 2.36. The van der Waals surface area contributed by atoms with Crippen molar-refractivity contribution in [3.05, 3.63) is 42.1 Å². The summed E-state index contributed by atoms with van der Waals surface area (Å²) in [5.74, 6) is 3.68. The van der Waals surface area contributed by atoms with Gasteiger partial charge in [-0.05, 0) is 41.8 Å². The van der Waals surface area contributed by atoms with E-state index in [0.717, 1.165) is 40.8 Å². The van der Waals surface area contributed by atoms with Crippen molar-refractivity contribution in [2.24, 2.45) is 4.40 Å². The fourth-order valence-corrected chi connectivity index (χ4v) is 3.06. The summed E-state index contributed by atoms with van der Waals surface area (Å²) >= 11 is 1.62. The Bertz CT molecular complexity index is 622. The van der Waals surface area contributed by atoms with E-state index in [-0.39, 0.29) is 0 Å². The van der Waals surface area contributed by atoms with Crippen LogP contribution in [0.15, 0.2) is 40.9 Å². The summed E-state index contributed by atoms with van der Waals surface area (Å²) in [5, 5.41) is 0. The van der Waals surface area contributed by atoms with E-state index < -0.39 is 0 Å². The van der Waals surface area contributed by atoms with Crippen molar-refractivity contribution < 1.29 is 9.47 Å². The maximum absolute atomic E-state index is 5.44. The molecule has 0 unspecified atom stereocenters. The molecule has 3 aliphatic heterocycles. The van der Waals surface area contributed by atoms with Crippen molar-refractivity contribution in [1.29, 1.82) is 0 Å². The second-order valence-corrected chi connectivity index (χ2v) is 5.28. The SMILES string of the molecule is C1=CN2CCSN=C2C(c2ccc3c(c2)OCO3)=C1. The fraction of sp³-hybridized carbons (Fsp3) is 0.214. The molecular formula is C14H12N2O2S. The monoisotopic (exact) mass is 272 g/mol. The van der Waals surface area contributed by atoms with Crippen molar-refractivity contribution in [3.63, 3.8) is 0 Å². The van der Waals surface area contributed by atoms with Crippen LogP contribution in [-0.4, -0.2) is 29.8 Å². The molecule has 0 atom stereocenters. The summed E-state index contributed by atoms with van der Waals surface area (Å²) in [4.78, 5) is 2.19. The van der Waals surface area contributed by atoms with E-state index in [1.165, 1.54) is 0 Å². The highest BCUT2D eigenvalue weighted by atomic mass is 32.2. The second-order valence-electron chi connectivity index (χ2n) is 4.43. The number of rotatable bonds is 1. The number of amidine groups is 1. The van der Waals surface area contributed by atoms with Crippen LogP contribution in [0.25, 0.3) is 5.57 Å². The number of fused-ring (bicyclic) bond motifs is 2. The van der Waals surface area contributed by atoms with Gasteiger partial charge >= 0.3 is 0 Å². The average molecular weight is 272 g/mol. The van der Waals surface area contributed by atoms with Crippen LogP contribution >= 0.6 is 11.9 Å². The zero-order valence-corrected chi connectivity index (χ0v) is 11.0. The van der Waals surface area contributed by atoms with Crippen LogP contribution in [0.4, 0.5) is 0 Å². The van der Waals surface area contributed by atoms with Gasteiger partial charge in [-0.15, -0.1) is 0 Å². The smallest absolute Gasteiger partial charge is 0.231 e. The maximum atomic E-state index is 5.44. The first kappa shape index (κ1) is 11.0. The minimum atomic E-state index is 0.306. The van der Waals surface area contributed by atoms with Crippen LogP contribution in [0.5, 0.6) is 11.5 Å². The van der Waals surface area contributed by atoms with Gasteiger partial charge in [0.2, 0.25) is 6.79 Å². The van der Waals surface area contributed by atoms with Gasteiger partial charge in [-0.2, -0.15) is 4.40 Å². The Balaban J connectivity index is 1.77. The Hall–Kier alpha value is -1.88. The number of benzene rings is 1. The van der Waals surface area contributed by atoms with Crippen molar-refractivity contribution in [1.82, 2.24) is 4.90 Å². The van der Waals surface area contributed by atoms with Crippen LogP contribution in [0, 0.1) is 0 Å². The molecule has 3 heterocycles. The Morgan fingerprint density at radius 1 is 1.21 bits per heavy atom. The lowest BCUT2D eigenvalue weighted by atomic mass is 10.0. The molecule has 0 saturated carbocycles. The summed E-state index contributed by atoms with van der Waals surface area (Å²) in [5.41, 5.74) is 2.24. The molecule has 0 fully saturated rings. The molecular weight excluding hydrogens is 260 g/mol. The molecule has 1 aromatic rings. The lowest BCUT2D eigenvalue weighted by Crippen LogP contribution is -2.32. The Labute approximate surface area is 115 Å². The molecule has 4 rings (SSSR count). The summed E-state index contributed by atoms with van der Waals surface area (Å²) in [6.45, 7) is 1.31. The normalized spacial score (nSPS) is 19.9. The summed E-state index contributed by atoms with van der Waals surface area (Å²) < 4.78 is 15.4. The van der Waals surface area contributed by atoms with Gasteiger partial charge in [-0.25, -0.2) is 0 Å². The standard InChI is InChI=1S/C14H12N2O2S/c1-2-11(14-15-19-7-6-16(14)5-1)10-3-4-12-13(8-10)18-9-17-12/h1-5,8H,6-7,9H2. The lowest BCUT2D eigenvalue weighted by molar-refractivity contribution is 0.174.